The number of hydrogen-bond donors (Lipinski definition) is 4. The molecule has 0 saturated heterocycles. The highest BCUT2D eigenvalue weighted by molar-refractivity contribution is 5.94. The van der Waals surface area contributed by atoms with Gasteiger partial charge in [0.1, 0.15) is 11.6 Å². The summed E-state index contributed by atoms with van der Waals surface area (Å²) >= 11 is 0. The van der Waals surface area contributed by atoms with E-state index < -0.39 is 0 Å². The maximum absolute atomic E-state index is 12.4. The zero-order valence-corrected chi connectivity index (χ0v) is 18.8. The SMILES string of the molecule is CC(=O)NCCNc1cc(NCCNC(=O)c2ccc3c(c2)OCO3)nc(-c2ccccc2)n1. The summed E-state index contributed by atoms with van der Waals surface area (Å²) in [4.78, 5) is 32.7. The Hall–Kier alpha value is -4.34. The van der Waals surface area contributed by atoms with E-state index in [1.54, 1.807) is 24.3 Å². The highest BCUT2D eigenvalue weighted by atomic mass is 16.7. The average molecular weight is 463 g/mol. The fourth-order valence-corrected chi connectivity index (χ4v) is 3.28. The predicted octanol–water partition coefficient (Wildman–Crippen LogP) is 2.26. The number of hydrogen-bond acceptors (Lipinski definition) is 8. The first kappa shape index (κ1) is 22.8. The molecule has 4 N–H and O–H groups in total. The Kier molecular flexibility index (Phi) is 7.39. The highest BCUT2D eigenvalue weighted by Crippen LogP contribution is 2.32. The summed E-state index contributed by atoms with van der Waals surface area (Å²) in [6.45, 7) is 3.50. The van der Waals surface area contributed by atoms with Crippen molar-refractivity contribution in [3.63, 3.8) is 0 Å². The first-order valence-electron chi connectivity index (χ1n) is 10.9. The molecule has 0 spiro atoms. The second-order valence-corrected chi connectivity index (χ2v) is 7.49. The van der Waals surface area contributed by atoms with Crippen LogP contribution in [0.4, 0.5) is 11.6 Å². The number of amides is 2. The molecule has 0 atom stereocenters. The maximum atomic E-state index is 12.4. The molecule has 10 nitrogen and oxygen atoms in total. The van der Waals surface area contributed by atoms with Crippen LogP contribution in [0, 0.1) is 0 Å². The second-order valence-electron chi connectivity index (χ2n) is 7.49. The largest absolute Gasteiger partial charge is 0.454 e. The lowest BCUT2D eigenvalue weighted by atomic mass is 10.2. The van der Waals surface area contributed by atoms with Crippen molar-refractivity contribution >= 4 is 23.5 Å². The van der Waals surface area contributed by atoms with Crippen molar-refractivity contribution in [1.82, 2.24) is 20.6 Å². The van der Waals surface area contributed by atoms with Gasteiger partial charge in [-0.25, -0.2) is 9.97 Å². The quantitative estimate of drug-likeness (QED) is 0.338. The summed E-state index contributed by atoms with van der Waals surface area (Å²) in [5.74, 6) is 2.74. The zero-order chi connectivity index (χ0) is 23.8. The molecule has 0 radical (unpaired) electrons. The van der Waals surface area contributed by atoms with E-state index in [2.05, 4.69) is 31.2 Å². The number of nitrogens with one attached hydrogen (secondary N) is 4. The molecule has 2 amide bonds. The highest BCUT2D eigenvalue weighted by Gasteiger charge is 2.16. The molecule has 10 heteroatoms. The molecular weight excluding hydrogens is 436 g/mol. The van der Waals surface area contributed by atoms with Crippen LogP contribution in [0.25, 0.3) is 11.4 Å². The number of rotatable bonds is 10. The van der Waals surface area contributed by atoms with Gasteiger partial charge in [-0.05, 0) is 18.2 Å². The molecule has 0 aliphatic carbocycles. The Morgan fingerprint density at radius 2 is 1.50 bits per heavy atom. The first-order valence-corrected chi connectivity index (χ1v) is 10.9. The van der Waals surface area contributed by atoms with E-state index in [4.69, 9.17) is 9.47 Å². The van der Waals surface area contributed by atoms with Crippen molar-refractivity contribution in [1.29, 1.82) is 0 Å². The fraction of sp³-hybridized carbons (Fsp3) is 0.250. The lowest BCUT2D eigenvalue weighted by molar-refractivity contribution is -0.118. The number of aromatic nitrogens is 2. The number of carbonyl (C=O) groups excluding carboxylic acids is 2. The zero-order valence-electron chi connectivity index (χ0n) is 18.8. The van der Waals surface area contributed by atoms with Crippen LogP contribution in [0.3, 0.4) is 0 Å². The monoisotopic (exact) mass is 462 g/mol. The van der Waals surface area contributed by atoms with Crippen LogP contribution in [0.15, 0.2) is 54.6 Å². The van der Waals surface area contributed by atoms with E-state index in [0.717, 1.165) is 5.56 Å². The van der Waals surface area contributed by atoms with Gasteiger partial charge >= 0.3 is 0 Å². The molecule has 4 rings (SSSR count). The lowest BCUT2D eigenvalue weighted by Crippen LogP contribution is -2.29. The van der Waals surface area contributed by atoms with Crippen LogP contribution >= 0.6 is 0 Å². The average Bonchev–Trinajstić information content (AvgIpc) is 3.33. The number of ether oxygens (including phenoxy) is 2. The van der Waals surface area contributed by atoms with E-state index in [1.165, 1.54) is 6.92 Å². The van der Waals surface area contributed by atoms with Gasteiger partial charge in [0.25, 0.3) is 5.91 Å². The minimum absolute atomic E-state index is 0.0837. The van der Waals surface area contributed by atoms with Crippen molar-refractivity contribution in [3.05, 3.63) is 60.2 Å². The van der Waals surface area contributed by atoms with Crippen LogP contribution in [-0.2, 0) is 4.79 Å². The first-order chi connectivity index (χ1) is 16.6. The number of fused-ring (bicyclic) bond motifs is 1. The molecule has 0 saturated carbocycles. The number of carbonyl (C=O) groups is 2. The summed E-state index contributed by atoms with van der Waals surface area (Å²) < 4.78 is 10.6. The van der Waals surface area contributed by atoms with Gasteiger partial charge in [-0.2, -0.15) is 0 Å². The summed E-state index contributed by atoms with van der Waals surface area (Å²) in [5.41, 5.74) is 1.38. The third-order valence-corrected chi connectivity index (χ3v) is 4.91. The van der Waals surface area contributed by atoms with E-state index in [0.29, 0.717) is 60.7 Å². The van der Waals surface area contributed by atoms with Gasteiger partial charge < -0.3 is 30.7 Å². The maximum Gasteiger partial charge on any atom is 0.251 e. The molecule has 1 aromatic heterocycles. The fourth-order valence-electron chi connectivity index (χ4n) is 3.28. The number of benzene rings is 2. The predicted molar refractivity (Wildman–Crippen MR) is 128 cm³/mol. The van der Waals surface area contributed by atoms with E-state index in [9.17, 15) is 9.59 Å². The molecule has 2 aromatic carbocycles. The molecule has 3 aromatic rings. The van der Waals surface area contributed by atoms with Gasteiger partial charge in [-0.1, -0.05) is 30.3 Å². The normalized spacial score (nSPS) is 11.6. The van der Waals surface area contributed by atoms with Crippen LogP contribution in [-0.4, -0.2) is 54.8 Å². The van der Waals surface area contributed by atoms with Crippen molar-refractivity contribution in [3.8, 4) is 22.9 Å². The van der Waals surface area contributed by atoms with Gasteiger partial charge in [-0.3, -0.25) is 9.59 Å². The minimum Gasteiger partial charge on any atom is -0.454 e. The van der Waals surface area contributed by atoms with Crippen molar-refractivity contribution in [2.45, 2.75) is 6.92 Å². The second kappa shape index (κ2) is 11.0. The van der Waals surface area contributed by atoms with Gasteiger partial charge in [0.05, 0.1) is 0 Å². The summed E-state index contributed by atoms with van der Waals surface area (Å²) in [7, 11) is 0. The van der Waals surface area contributed by atoms with Crippen molar-refractivity contribution in [2.24, 2.45) is 0 Å². The molecular formula is C24H26N6O4. The third-order valence-electron chi connectivity index (χ3n) is 4.91. The van der Waals surface area contributed by atoms with E-state index >= 15 is 0 Å². The third kappa shape index (κ3) is 6.12. The van der Waals surface area contributed by atoms with Crippen LogP contribution in [0.5, 0.6) is 11.5 Å². The molecule has 0 bridgehead atoms. The molecule has 0 fully saturated rings. The molecule has 1 aliphatic rings. The molecule has 2 heterocycles. The molecule has 0 unspecified atom stereocenters. The van der Waals surface area contributed by atoms with Gasteiger partial charge in [-0.15, -0.1) is 0 Å². The van der Waals surface area contributed by atoms with Crippen LogP contribution in [0.2, 0.25) is 0 Å². The topological polar surface area (TPSA) is 126 Å². The number of nitrogens with zero attached hydrogens (tertiary/aromatic N) is 2. The summed E-state index contributed by atoms with van der Waals surface area (Å²) in [5, 5.41) is 12.1. The van der Waals surface area contributed by atoms with Gasteiger partial charge in [0, 0.05) is 50.3 Å². The van der Waals surface area contributed by atoms with Crippen LogP contribution in [0.1, 0.15) is 17.3 Å². The Balaban J connectivity index is 1.35. The summed E-state index contributed by atoms with van der Waals surface area (Å²) in [6.07, 6.45) is 0. The van der Waals surface area contributed by atoms with Gasteiger partial charge in [0.15, 0.2) is 17.3 Å². The smallest absolute Gasteiger partial charge is 0.251 e. The van der Waals surface area contributed by atoms with Crippen molar-refractivity contribution in [2.75, 3.05) is 43.6 Å². The molecule has 1 aliphatic heterocycles. The van der Waals surface area contributed by atoms with E-state index in [-0.39, 0.29) is 18.6 Å². The minimum atomic E-state index is -0.201. The Bertz CT molecular complexity index is 1160. The Labute approximate surface area is 197 Å². The van der Waals surface area contributed by atoms with Gasteiger partial charge in [0.2, 0.25) is 12.7 Å². The Morgan fingerprint density at radius 1 is 0.824 bits per heavy atom. The standard InChI is InChI=1S/C24H26N6O4/c1-16(31)25-9-10-26-21-14-22(30-23(29-21)17-5-3-2-4-6-17)27-11-12-28-24(32)18-7-8-19-20(13-18)34-15-33-19/h2-8,13-14H,9-12,15H2,1H3,(H,25,31)(H,28,32)(H2,26,27,29,30). The van der Waals surface area contributed by atoms with E-state index in [1.807, 2.05) is 30.3 Å². The number of anilines is 2. The van der Waals surface area contributed by atoms with Crippen LogP contribution < -0.4 is 30.7 Å². The van der Waals surface area contributed by atoms with Crippen molar-refractivity contribution < 1.29 is 19.1 Å². The molecule has 34 heavy (non-hydrogen) atoms. The summed E-state index contributed by atoms with van der Waals surface area (Å²) in [6, 6.07) is 16.5. The Morgan fingerprint density at radius 3 is 2.21 bits per heavy atom. The molecule has 176 valence electrons. The lowest BCUT2D eigenvalue weighted by Gasteiger charge is -2.12.